The van der Waals surface area contributed by atoms with E-state index in [-0.39, 0.29) is 5.82 Å². The van der Waals surface area contributed by atoms with Crippen LogP contribution in [0.4, 0.5) is 10.1 Å². The van der Waals surface area contributed by atoms with E-state index in [1.165, 1.54) is 31.4 Å². The van der Waals surface area contributed by atoms with Crippen LogP contribution in [-0.2, 0) is 0 Å². The molecule has 1 aliphatic rings. The highest BCUT2D eigenvalue weighted by Gasteiger charge is 2.29. The van der Waals surface area contributed by atoms with E-state index in [2.05, 4.69) is 11.4 Å². The van der Waals surface area contributed by atoms with Crippen LogP contribution in [0.3, 0.4) is 0 Å². The summed E-state index contributed by atoms with van der Waals surface area (Å²) >= 11 is 0. The van der Waals surface area contributed by atoms with Crippen LogP contribution in [0.2, 0.25) is 0 Å². The van der Waals surface area contributed by atoms with E-state index in [1.807, 2.05) is 6.07 Å². The van der Waals surface area contributed by atoms with Crippen LogP contribution in [0, 0.1) is 17.1 Å². The Morgan fingerprint density at radius 2 is 1.78 bits per heavy atom. The van der Waals surface area contributed by atoms with E-state index < -0.39 is 5.54 Å². The predicted octanol–water partition coefficient (Wildman–Crippen LogP) is 4.24. The number of halogens is 1. The van der Waals surface area contributed by atoms with Crippen molar-refractivity contribution in [3.05, 3.63) is 30.1 Å². The second-order valence-electron chi connectivity index (χ2n) is 5.10. The second-order valence-corrected chi connectivity index (χ2v) is 5.10. The third-order valence-electron chi connectivity index (χ3n) is 3.63. The zero-order valence-electron chi connectivity index (χ0n) is 10.6. The van der Waals surface area contributed by atoms with Gasteiger partial charge in [0.05, 0.1) is 6.07 Å². The Kier molecular flexibility index (Phi) is 4.19. The van der Waals surface area contributed by atoms with E-state index in [4.69, 9.17) is 0 Å². The number of nitrogens with zero attached hydrogens (tertiary/aromatic N) is 1. The molecule has 0 aromatic heterocycles. The van der Waals surface area contributed by atoms with Gasteiger partial charge in [0.15, 0.2) is 0 Å². The van der Waals surface area contributed by atoms with Crippen molar-refractivity contribution in [3.63, 3.8) is 0 Å². The van der Waals surface area contributed by atoms with Gasteiger partial charge in [0.2, 0.25) is 0 Å². The molecule has 1 saturated carbocycles. The highest BCUT2D eigenvalue weighted by molar-refractivity contribution is 5.47. The standard InChI is InChI=1S/C15H19FN2/c16-13-7-6-8-14(11-13)18-15(12-17)9-4-2-1-3-5-10-15/h6-8,11,18H,1-5,9-10H2. The predicted molar refractivity (Wildman–Crippen MR) is 70.7 cm³/mol. The topological polar surface area (TPSA) is 35.8 Å². The maximum Gasteiger partial charge on any atom is 0.125 e. The van der Waals surface area contributed by atoms with Crippen LogP contribution in [-0.4, -0.2) is 5.54 Å². The quantitative estimate of drug-likeness (QED) is 0.847. The highest BCUT2D eigenvalue weighted by Crippen LogP contribution is 2.29. The molecule has 96 valence electrons. The van der Waals surface area contributed by atoms with Gasteiger partial charge in [0.1, 0.15) is 11.4 Å². The molecule has 1 aliphatic carbocycles. The summed E-state index contributed by atoms with van der Waals surface area (Å²) in [6.45, 7) is 0. The summed E-state index contributed by atoms with van der Waals surface area (Å²) in [6, 6.07) is 8.79. The Labute approximate surface area is 108 Å². The maximum atomic E-state index is 13.2. The Bertz CT molecular complexity index is 428. The van der Waals surface area contributed by atoms with Crippen molar-refractivity contribution in [1.82, 2.24) is 0 Å². The zero-order valence-corrected chi connectivity index (χ0v) is 10.6. The van der Waals surface area contributed by atoms with Gasteiger partial charge in [-0.1, -0.05) is 38.2 Å². The van der Waals surface area contributed by atoms with Crippen LogP contribution in [0.5, 0.6) is 0 Å². The van der Waals surface area contributed by atoms with Gasteiger partial charge in [-0.05, 0) is 31.0 Å². The molecule has 3 heteroatoms. The summed E-state index contributed by atoms with van der Waals surface area (Å²) in [6.07, 6.45) is 7.47. The number of hydrogen-bond acceptors (Lipinski definition) is 2. The minimum atomic E-state index is -0.520. The summed E-state index contributed by atoms with van der Waals surface area (Å²) in [5, 5.41) is 12.7. The minimum Gasteiger partial charge on any atom is -0.367 e. The van der Waals surface area contributed by atoms with Gasteiger partial charge in [-0.2, -0.15) is 5.26 Å². The highest BCUT2D eigenvalue weighted by atomic mass is 19.1. The third-order valence-corrected chi connectivity index (χ3v) is 3.63. The molecule has 0 unspecified atom stereocenters. The Morgan fingerprint density at radius 1 is 1.11 bits per heavy atom. The van der Waals surface area contributed by atoms with Crippen LogP contribution in [0.1, 0.15) is 44.9 Å². The van der Waals surface area contributed by atoms with E-state index in [1.54, 1.807) is 6.07 Å². The Morgan fingerprint density at radius 3 is 2.39 bits per heavy atom. The van der Waals surface area contributed by atoms with Crippen molar-refractivity contribution in [2.45, 2.75) is 50.5 Å². The van der Waals surface area contributed by atoms with Crippen LogP contribution < -0.4 is 5.32 Å². The first-order chi connectivity index (χ1) is 8.74. The molecule has 0 amide bonds. The van der Waals surface area contributed by atoms with E-state index in [9.17, 15) is 9.65 Å². The van der Waals surface area contributed by atoms with Gasteiger partial charge < -0.3 is 5.32 Å². The average molecular weight is 246 g/mol. The molecular formula is C15H19FN2. The van der Waals surface area contributed by atoms with Crippen molar-refractivity contribution in [1.29, 1.82) is 5.26 Å². The lowest BCUT2D eigenvalue weighted by Gasteiger charge is -2.30. The summed E-state index contributed by atoms with van der Waals surface area (Å²) in [5.74, 6) is -0.265. The zero-order chi connectivity index (χ0) is 12.8. The molecule has 0 saturated heterocycles. The molecule has 0 radical (unpaired) electrons. The molecule has 1 aromatic rings. The molecule has 18 heavy (non-hydrogen) atoms. The summed E-state index contributed by atoms with van der Waals surface area (Å²) < 4.78 is 13.2. The first-order valence-corrected chi connectivity index (χ1v) is 6.69. The molecule has 2 nitrogen and oxygen atoms in total. The lowest BCUT2D eigenvalue weighted by Crippen LogP contribution is -2.37. The van der Waals surface area contributed by atoms with Gasteiger partial charge in [0.25, 0.3) is 0 Å². The second kappa shape index (κ2) is 5.86. The number of nitrogens with one attached hydrogen (secondary N) is 1. The van der Waals surface area contributed by atoms with Gasteiger partial charge in [-0.3, -0.25) is 0 Å². The number of nitriles is 1. The van der Waals surface area contributed by atoms with Crippen molar-refractivity contribution in [2.75, 3.05) is 5.32 Å². The normalized spacial score (nSPS) is 19.3. The van der Waals surface area contributed by atoms with Crippen molar-refractivity contribution < 1.29 is 4.39 Å². The summed E-state index contributed by atoms with van der Waals surface area (Å²) in [5.41, 5.74) is 0.186. The molecule has 0 atom stereocenters. The first-order valence-electron chi connectivity index (χ1n) is 6.69. The number of rotatable bonds is 2. The number of anilines is 1. The Balaban J connectivity index is 2.13. The van der Waals surface area contributed by atoms with Gasteiger partial charge in [-0.15, -0.1) is 0 Å². The smallest absolute Gasteiger partial charge is 0.125 e. The molecule has 0 bridgehead atoms. The van der Waals surface area contributed by atoms with Crippen molar-refractivity contribution in [2.24, 2.45) is 0 Å². The monoisotopic (exact) mass is 246 g/mol. The van der Waals surface area contributed by atoms with Crippen molar-refractivity contribution in [3.8, 4) is 6.07 Å². The molecular weight excluding hydrogens is 227 g/mol. The lowest BCUT2D eigenvalue weighted by atomic mass is 9.85. The van der Waals surface area contributed by atoms with Crippen LogP contribution >= 0.6 is 0 Å². The van der Waals surface area contributed by atoms with Crippen LogP contribution in [0.15, 0.2) is 24.3 Å². The van der Waals surface area contributed by atoms with E-state index in [0.29, 0.717) is 5.69 Å². The molecule has 0 spiro atoms. The SMILES string of the molecule is N#CC1(Nc2cccc(F)c2)CCCCCCC1. The number of hydrogen-bond donors (Lipinski definition) is 1. The average Bonchev–Trinajstić information content (AvgIpc) is 2.33. The van der Waals surface area contributed by atoms with Gasteiger partial charge in [0, 0.05) is 5.69 Å². The lowest BCUT2D eigenvalue weighted by molar-refractivity contribution is 0.410. The van der Waals surface area contributed by atoms with Gasteiger partial charge >= 0.3 is 0 Å². The fourth-order valence-electron chi connectivity index (χ4n) is 2.62. The molecule has 1 aromatic carbocycles. The molecule has 0 heterocycles. The van der Waals surface area contributed by atoms with E-state index >= 15 is 0 Å². The molecule has 2 rings (SSSR count). The van der Waals surface area contributed by atoms with Crippen molar-refractivity contribution >= 4 is 5.69 Å². The summed E-state index contributed by atoms with van der Waals surface area (Å²) in [4.78, 5) is 0. The van der Waals surface area contributed by atoms with E-state index in [0.717, 1.165) is 25.7 Å². The van der Waals surface area contributed by atoms with Gasteiger partial charge in [-0.25, -0.2) is 4.39 Å². The fourth-order valence-corrected chi connectivity index (χ4v) is 2.62. The largest absolute Gasteiger partial charge is 0.367 e. The maximum absolute atomic E-state index is 13.2. The van der Waals surface area contributed by atoms with Crippen LogP contribution in [0.25, 0.3) is 0 Å². The molecule has 0 aliphatic heterocycles. The summed E-state index contributed by atoms with van der Waals surface area (Å²) in [7, 11) is 0. The fraction of sp³-hybridized carbons (Fsp3) is 0.533. The molecule has 1 fully saturated rings. The first kappa shape index (κ1) is 12.9. The number of benzene rings is 1. The minimum absolute atomic E-state index is 0.265. The third kappa shape index (κ3) is 3.22. The molecule has 1 N–H and O–H groups in total. The Hall–Kier alpha value is -1.56.